The zero-order chi connectivity index (χ0) is 16.7. The standard InChI is InChI=1S/C17H22O5/c1-11-6-8-16(20-4)15(10-11)14(7-9-17(19)21-5)12(2)22-13(3)18/h6-10,12,14H,1-5H3/b9-7+/t12-,14-/m0/s1. The Morgan fingerprint density at radius 3 is 2.45 bits per heavy atom. The summed E-state index contributed by atoms with van der Waals surface area (Å²) in [5.41, 5.74) is 1.89. The Morgan fingerprint density at radius 2 is 1.91 bits per heavy atom. The highest BCUT2D eigenvalue weighted by Gasteiger charge is 2.23. The number of esters is 2. The van der Waals surface area contributed by atoms with Crippen molar-refractivity contribution in [2.45, 2.75) is 32.8 Å². The largest absolute Gasteiger partial charge is 0.496 e. The Hall–Kier alpha value is -2.30. The Bertz CT molecular complexity index is 562. The highest BCUT2D eigenvalue weighted by Crippen LogP contribution is 2.32. The van der Waals surface area contributed by atoms with Crippen LogP contribution in [0.4, 0.5) is 0 Å². The van der Waals surface area contributed by atoms with E-state index in [-0.39, 0.29) is 11.9 Å². The predicted molar refractivity (Wildman–Crippen MR) is 82.9 cm³/mol. The van der Waals surface area contributed by atoms with Crippen LogP contribution < -0.4 is 4.74 Å². The second kappa shape index (κ2) is 8.22. The summed E-state index contributed by atoms with van der Waals surface area (Å²) in [5.74, 6) is -0.496. The summed E-state index contributed by atoms with van der Waals surface area (Å²) in [5, 5.41) is 0. The summed E-state index contributed by atoms with van der Waals surface area (Å²) in [6.45, 7) is 5.08. The van der Waals surface area contributed by atoms with Crippen molar-refractivity contribution in [1.82, 2.24) is 0 Å². The molecule has 0 unspecified atom stereocenters. The minimum Gasteiger partial charge on any atom is -0.496 e. The molecule has 0 saturated heterocycles. The molecule has 0 amide bonds. The van der Waals surface area contributed by atoms with Crippen molar-refractivity contribution in [3.63, 3.8) is 0 Å². The third kappa shape index (κ3) is 4.91. The molecule has 0 aliphatic rings. The SMILES string of the molecule is COC(=O)/C=C/[C@H](c1cc(C)ccc1OC)[C@H](C)OC(C)=O. The van der Waals surface area contributed by atoms with Gasteiger partial charge in [-0.1, -0.05) is 23.8 Å². The minimum atomic E-state index is -0.466. The van der Waals surface area contributed by atoms with Gasteiger partial charge in [0.15, 0.2) is 0 Å². The van der Waals surface area contributed by atoms with Crippen LogP contribution in [0.5, 0.6) is 5.75 Å². The molecule has 0 N–H and O–H groups in total. The summed E-state index contributed by atoms with van der Waals surface area (Å²) in [7, 11) is 2.89. The zero-order valence-electron chi connectivity index (χ0n) is 13.6. The van der Waals surface area contributed by atoms with E-state index < -0.39 is 12.1 Å². The lowest BCUT2D eigenvalue weighted by atomic mass is 9.91. The molecule has 0 fully saturated rings. The van der Waals surface area contributed by atoms with Crippen LogP contribution in [0.15, 0.2) is 30.4 Å². The maximum atomic E-state index is 11.4. The topological polar surface area (TPSA) is 61.8 Å². The zero-order valence-corrected chi connectivity index (χ0v) is 13.6. The first-order valence-electron chi connectivity index (χ1n) is 6.97. The number of hydrogen-bond donors (Lipinski definition) is 0. The van der Waals surface area contributed by atoms with Crippen molar-refractivity contribution in [3.8, 4) is 5.75 Å². The molecule has 0 aromatic heterocycles. The van der Waals surface area contributed by atoms with Gasteiger partial charge in [-0.3, -0.25) is 4.79 Å². The third-order valence-corrected chi connectivity index (χ3v) is 3.24. The van der Waals surface area contributed by atoms with Gasteiger partial charge in [-0.25, -0.2) is 4.79 Å². The highest BCUT2D eigenvalue weighted by molar-refractivity contribution is 5.82. The summed E-state index contributed by atoms with van der Waals surface area (Å²) in [4.78, 5) is 22.6. The van der Waals surface area contributed by atoms with Crippen molar-refractivity contribution < 1.29 is 23.8 Å². The van der Waals surface area contributed by atoms with Gasteiger partial charge in [0, 0.05) is 24.5 Å². The molecule has 22 heavy (non-hydrogen) atoms. The monoisotopic (exact) mass is 306 g/mol. The second-order valence-electron chi connectivity index (χ2n) is 4.97. The van der Waals surface area contributed by atoms with Crippen molar-refractivity contribution in [3.05, 3.63) is 41.5 Å². The summed E-state index contributed by atoms with van der Waals surface area (Å²) in [6.07, 6.45) is 2.54. The van der Waals surface area contributed by atoms with Crippen LogP contribution in [0.3, 0.4) is 0 Å². The molecule has 0 aliphatic carbocycles. The molecular formula is C17H22O5. The number of carbonyl (C=O) groups excluding carboxylic acids is 2. The van der Waals surface area contributed by atoms with E-state index in [1.54, 1.807) is 20.1 Å². The predicted octanol–water partition coefficient (Wildman–Crippen LogP) is 2.77. The molecule has 120 valence electrons. The number of carbonyl (C=O) groups is 2. The first kappa shape index (κ1) is 17.8. The maximum Gasteiger partial charge on any atom is 0.330 e. The molecule has 0 radical (unpaired) electrons. The average Bonchev–Trinajstić information content (AvgIpc) is 2.46. The van der Waals surface area contributed by atoms with Crippen LogP contribution in [0.2, 0.25) is 0 Å². The highest BCUT2D eigenvalue weighted by atomic mass is 16.5. The van der Waals surface area contributed by atoms with Crippen LogP contribution in [-0.2, 0) is 19.1 Å². The lowest BCUT2D eigenvalue weighted by Gasteiger charge is -2.23. The molecule has 0 saturated carbocycles. The molecule has 1 rings (SSSR count). The van der Waals surface area contributed by atoms with Gasteiger partial charge in [-0.05, 0) is 19.9 Å². The van der Waals surface area contributed by atoms with Gasteiger partial charge >= 0.3 is 11.9 Å². The first-order valence-corrected chi connectivity index (χ1v) is 6.97. The van der Waals surface area contributed by atoms with Crippen LogP contribution in [0, 0.1) is 6.92 Å². The van der Waals surface area contributed by atoms with Crippen molar-refractivity contribution in [2.75, 3.05) is 14.2 Å². The van der Waals surface area contributed by atoms with E-state index in [0.29, 0.717) is 5.75 Å². The molecule has 0 heterocycles. The molecule has 0 aliphatic heterocycles. The fourth-order valence-electron chi connectivity index (χ4n) is 2.21. The average molecular weight is 306 g/mol. The second-order valence-corrected chi connectivity index (χ2v) is 4.97. The normalized spacial score (nSPS) is 13.5. The Morgan fingerprint density at radius 1 is 1.23 bits per heavy atom. The first-order chi connectivity index (χ1) is 10.4. The lowest BCUT2D eigenvalue weighted by Crippen LogP contribution is -2.21. The summed E-state index contributed by atoms with van der Waals surface area (Å²) < 4.78 is 15.3. The maximum absolute atomic E-state index is 11.4. The van der Waals surface area contributed by atoms with E-state index in [2.05, 4.69) is 4.74 Å². The number of aryl methyl sites for hydroxylation is 1. The number of ether oxygens (including phenoxy) is 3. The smallest absolute Gasteiger partial charge is 0.330 e. The van der Waals surface area contributed by atoms with Crippen molar-refractivity contribution in [2.24, 2.45) is 0 Å². The Kier molecular flexibility index (Phi) is 6.63. The molecule has 1 aromatic rings. The van der Waals surface area contributed by atoms with Gasteiger partial charge < -0.3 is 14.2 Å². The molecule has 1 aromatic carbocycles. The number of hydrogen-bond acceptors (Lipinski definition) is 5. The van der Waals surface area contributed by atoms with Gasteiger partial charge in [0.25, 0.3) is 0 Å². The molecule has 2 atom stereocenters. The van der Waals surface area contributed by atoms with Crippen LogP contribution >= 0.6 is 0 Å². The number of benzene rings is 1. The van der Waals surface area contributed by atoms with E-state index in [4.69, 9.17) is 9.47 Å². The Balaban J connectivity index is 3.24. The van der Waals surface area contributed by atoms with E-state index in [1.165, 1.54) is 20.1 Å². The lowest BCUT2D eigenvalue weighted by molar-refractivity contribution is -0.146. The fraction of sp³-hybridized carbons (Fsp3) is 0.412. The minimum absolute atomic E-state index is 0.321. The van der Waals surface area contributed by atoms with Crippen molar-refractivity contribution in [1.29, 1.82) is 0 Å². The molecule has 0 spiro atoms. The quantitative estimate of drug-likeness (QED) is 0.597. The van der Waals surface area contributed by atoms with Crippen molar-refractivity contribution >= 4 is 11.9 Å². The van der Waals surface area contributed by atoms with Crippen LogP contribution in [-0.4, -0.2) is 32.3 Å². The van der Waals surface area contributed by atoms with Gasteiger partial charge in [0.05, 0.1) is 14.2 Å². The van der Waals surface area contributed by atoms with Gasteiger partial charge in [-0.2, -0.15) is 0 Å². The van der Waals surface area contributed by atoms with Crippen LogP contribution in [0.25, 0.3) is 0 Å². The van der Waals surface area contributed by atoms with Crippen LogP contribution in [0.1, 0.15) is 30.9 Å². The Labute approximate surface area is 130 Å². The van der Waals surface area contributed by atoms with E-state index in [9.17, 15) is 9.59 Å². The number of methoxy groups -OCH3 is 2. The molecular weight excluding hydrogens is 284 g/mol. The molecule has 0 bridgehead atoms. The van der Waals surface area contributed by atoms with Gasteiger partial charge in [0.1, 0.15) is 11.9 Å². The molecule has 5 nitrogen and oxygen atoms in total. The van der Waals surface area contributed by atoms with E-state index >= 15 is 0 Å². The molecule has 5 heteroatoms. The van der Waals surface area contributed by atoms with Gasteiger partial charge in [-0.15, -0.1) is 0 Å². The van der Waals surface area contributed by atoms with Gasteiger partial charge in [0.2, 0.25) is 0 Å². The fourth-order valence-corrected chi connectivity index (χ4v) is 2.21. The van der Waals surface area contributed by atoms with E-state index in [1.807, 2.05) is 25.1 Å². The number of rotatable bonds is 6. The summed E-state index contributed by atoms with van der Waals surface area (Å²) >= 11 is 0. The van der Waals surface area contributed by atoms with E-state index in [0.717, 1.165) is 11.1 Å². The summed E-state index contributed by atoms with van der Waals surface area (Å²) in [6, 6.07) is 5.73. The third-order valence-electron chi connectivity index (χ3n) is 3.24.